The highest BCUT2D eigenvalue weighted by atomic mass is 15.1. The van der Waals surface area contributed by atoms with E-state index in [-0.39, 0.29) is 0 Å². The maximum absolute atomic E-state index is 2.44. The lowest BCUT2D eigenvalue weighted by atomic mass is 9.70. The van der Waals surface area contributed by atoms with Gasteiger partial charge in [-0.05, 0) is 152 Å². The van der Waals surface area contributed by atoms with Crippen LogP contribution in [-0.2, 0) is 5.41 Å². The Kier molecular flexibility index (Phi) is 10.1. The Hall–Kier alpha value is -8.72. The first kappa shape index (κ1) is 39.8. The van der Waals surface area contributed by atoms with Crippen molar-refractivity contribution in [1.82, 2.24) is 0 Å². The number of hydrogen-bond acceptors (Lipinski definition) is 2. The van der Waals surface area contributed by atoms with E-state index in [9.17, 15) is 0 Å². The lowest BCUT2D eigenvalue weighted by Crippen LogP contribution is -2.26. The molecular formula is C65H46N2. The van der Waals surface area contributed by atoms with Gasteiger partial charge < -0.3 is 9.80 Å². The van der Waals surface area contributed by atoms with Crippen LogP contribution in [0, 0.1) is 0 Å². The summed E-state index contributed by atoms with van der Waals surface area (Å²) in [6.45, 7) is 0. The van der Waals surface area contributed by atoms with Gasteiger partial charge >= 0.3 is 0 Å². The van der Waals surface area contributed by atoms with E-state index in [0.29, 0.717) is 0 Å². The smallest absolute Gasteiger partial charge is 0.0725 e. The number of benzene rings is 10. The number of para-hydroxylation sites is 4. The number of hydrogen-bond donors (Lipinski definition) is 0. The zero-order valence-electron chi connectivity index (χ0n) is 37.0. The number of anilines is 6. The minimum absolute atomic E-state index is 0.453. The van der Waals surface area contributed by atoms with E-state index >= 15 is 0 Å². The first-order valence-electron chi connectivity index (χ1n) is 23.1. The summed E-state index contributed by atoms with van der Waals surface area (Å²) in [4.78, 5) is 4.60. The summed E-state index contributed by atoms with van der Waals surface area (Å²) in [5.41, 5.74) is 21.5. The highest BCUT2D eigenvalue weighted by molar-refractivity contribution is 5.96. The summed E-state index contributed by atoms with van der Waals surface area (Å²) in [5.74, 6) is 0. The van der Waals surface area contributed by atoms with Crippen LogP contribution in [0.15, 0.2) is 255 Å². The Bertz CT molecular complexity index is 3120. The van der Waals surface area contributed by atoms with Crippen LogP contribution in [0.3, 0.4) is 0 Å². The van der Waals surface area contributed by atoms with E-state index in [4.69, 9.17) is 0 Å². The van der Waals surface area contributed by atoms with Crippen molar-refractivity contribution in [3.05, 3.63) is 299 Å². The molecule has 12 rings (SSSR count). The molecular weight excluding hydrogens is 809 g/mol. The topological polar surface area (TPSA) is 6.48 Å². The molecule has 0 atom stereocenters. The Morgan fingerprint density at radius 3 is 0.851 bits per heavy atom. The molecule has 2 heteroatoms. The van der Waals surface area contributed by atoms with E-state index < -0.39 is 5.41 Å². The fraction of sp³-hybridized carbons (Fsp3) is 0.0154. The van der Waals surface area contributed by atoms with E-state index in [1.807, 2.05) is 0 Å². The molecule has 0 heterocycles. The molecule has 0 fully saturated rings. The number of nitrogens with zero attached hydrogens (tertiary/aromatic N) is 2. The van der Waals surface area contributed by atoms with Crippen LogP contribution < -0.4 is 9.80 Å². The highest BCUT2D eigenvalue weighted by Gasteiger charge is 2.51. The lowest BCUT2D eigenvalue weighted by Gasteiger charge is -2.30. The SMILES string of the molecule is C(=C\c1ccc2c(c1)C1(c3ccccc3-c3ccccc31)c1cc(/C=C/c3ccc(N(c4ccccc4)c4ccccc4)cc3)ccc1-2)/c1ccc(N(c2ccccc2)c2ccccc2)cc1. The van der Waals surface area contributed by atoms with Gasteiger partial charge in [0.2, 0.25) is 0 Å². The van der Waals surface area contributed by atoms with E-state index in [2.05, 4.69) is 289 Å². The average molecular weight is 855 g/mol. The Balaban J connectivity index is 0.888. The van der Waals surface area contributed by atoms with Crippen molar-refractivity contribution in [2.75, 3.05) is 9.80 Å². The molecule has 10 aromatic carbocycles. The molecule has 2 nitrogen and oxygen atoms in total. The second kappa shape index (κ2) is 17.0. The quantitative estimate of drug-likeness (QED) is 0.126. The molecule has 67 heavy (non-hydrogen) atoms. The van der Waals surface area contributed by atoms with Crippen molar-refractivity contribution in [2.45, 2.75) is 5.41 Å². The fourth-order valence-corrected chi connectivity index (χ4v) is 10.4. The third-order valence-electron chi connectivity index (χ3n) is 13.4. The molecule has 0 bridgehead atoms. The minimum Gasteiger partial charge on any atom is -0.311 e. The summed E-state index contributed by atoms with van der Waals surface area (Å²) in [6.07, 6.45) is 9.01. The summed E-state index contributed by atoms with van der Waals surface area (Å²) in [5, 5.41) is 0. The van der Waals surface area contributed by atoms with Crippen LogP contribution in [0.25, 0.3) is 46.6 Å². The van der Waals surface area contributed by atoms with Crippen molar-refractivity contribution in [2.24, 2.45) is 0 Å². The van der Waals surface area contributed by atoms with Gasteiger partial charge in [-0.2, -0.15) is 0 Å². The molecule has 0 aliphatic heterocycles. The first-order chi connectivity index (χ1) is 33.2. The van der Waals surface area contributed by atoms with Gasteiger partial charge in [0.25, 0.3) is 0 Å². The number of fused-ring (bicyclic) bond motifs is 10. The zero-order chi connectivity index (χ0) is 44.6. The molecule has 0 N–H and O–H groups in total. The summed E-state index contributed by atoms with van der Waals surface area (Å²) < 4.78 is 0. The van der Waals surface area contributed by atoms with Crippen LogP contribution in [0.2, 0.25) is 0 Å². The second-order valence-electron chi connectivity index (χ2n) is 17.3. The molecule has 0 radical (unpaired) electrons. The summed E-state index contributed by atoms with van der Waals surface area (Å²) in [7, 11) is 0. The molecule has 0 amide bonds. The van der Waals surface area contributed by atoms with Gasteiger partial charge in [0.1, 0.15) is 0 Å². The van der Waals surface area contributed by atoms with Gasteiger partial charge in [-0.15, -0.1) is 0 Å². The Morgan fingerprint density at radius 2 is 0.493 bits per heavy atom. The molecule has 1 spiro atoms. The van der Waals surface area contributed by atoms with Gasteiger partial charge in [-0.1, -0.05) is 194 Å². The van der Waals surface area contributed by atoms with Crippen LogP contribution >= 0.6 is 0 Å². The normalized spacial score (nSPS) is 12.8. The van der Waals surface area contributed by atoms with E-state index in [0.717, 1.165) is 45.3 Å². The predicted octanol–water partition coefficient (Wildman–Crippen LogP) is 17.3. The second-order valence-corrected chi connectivity index (χ2v) is 17.3. The Labute approximate surface area is 393 Å². The fourth-order valence-electron chi connectivity index (χ4n) is 10.4. The zero-order valence-corrected chi connectivity index (χ0v) is 37.0. The molecule has 0 saturated heterocycles. The summed E-state index contributed by atoms with van der Waals surface area (Å²) in [6, 6.07) is 92.2. The monoisotopic (exact) mass is 854 g/mol. The Morgan fingerprint density at radius 1 is 0.224 bits per heavy atom. The van der Waals surface area contributed by atoms with Crippen molar-refractivity contribution < 1.29 is 0 Å². The molecule has 2 aliphatic rings. The third-order valence-corrected chi connectivity index (χ3v) is 13.4. The highest BCUT2D eigenvalue weighted by Crippen LogP contribution is 2.63. The molecule has 10 aromatic rings. The van der Waals surface area contributed by atoms with Gasteiger partial charge in [-0.25, -0.2) is 0 Å². The lowest BCUT2D eigenvalue weighted by molar-refractivity contribution is 0.793. The van der Waals surface area contributed by atoms with Crippen molar-refractivity contribution >= 4 is 58.4 Å². The first-order valence-corrected chi connectivity index (χ1v) is 23.1. The van der Waals surface area contributed by atoms with Crippen LogP contribution in [0.5, 0.6) is 0 Å². The van der Waals surface area contributed by atoms with E-state index in [1.54, 1.807) is 0 Å². The maximum Gasteiger partial charge on any atom is 0.0725 e. The average Bonchev–Trinajstić information content (AvgIpc) is 3.86. The van der Waals surface area contributed by atoms with Gasteiger partial charge in [-0.3, -0.25) is 0 Å². The molecule has 0 aromatic heterocycles. The summed E-state index contributed by atoms with van der Waals surface area (Å²) >= 11 is 0. The molecule has 0 unspecified atom stereocenters. The molecule has 316 valence electrons. The van der Waals surface area contributed by atoms with Gasteiger partial charge in [0.05, 0.1) is 5.41 Å². The van der Waals surface area contributed by atoms with Crippen LogP contribution in [0.4, 0.5) is 34.1 Å². The van der Waals surface area contributed by atoms with Crippen LogP contribution in [-0.4, -0.2) is 0 Å². The standard InChI is InChI=1S/C65H46N2/c1-5-17-51(18-6-1)66(52-19-7-2-8-20-52)55-39-33-47(34-40-55)29-31-49-37-43-59-60-44-38-50(46-64(60)65(63(59)45-49)61-27-15-13-25-57(61)58-26-14-16-28-62(58)65)32-30-48-35-41-56(42-36-48)67(53-21-9-3-10-22-53)54-23-11-4-12-24-54/h1-46H/b31-29+,32-30+. The molecule has 2 aliphatic carbocycles. The van der Waals surface area contributed by atoms with Gasteiger partial charge in [0.15, 0.2) is 0 Å². The predicted molar refractivity (Wildman–Crippen MR) is 283 cm³/mol. The van der Waals surface area contributed by atoms with E-state index in [1.165, 1.54) is 55.6 Å². The van der Waals surface area contributed by atoms with Gasteiger partial charge in [0, 0.05) is 34.1 Å². The minimum atomic E-state index is -0.453. The van der Waals surface area contributed by atoms with Crippen molar-refractivity contribution in [3.63, 3.8) is 0 Å². The molecule has 0 saturated carbocycles. The van der Waals surface area contributed by atoms with Crippen molar-refractivity contribution in [1.29, 1.82) is 0 Å². The largest absolute Gasteiger partial charge is 0.311 e. The van der Waals surface area contributed by atoms with Crippen LogP contribution in [0.1, 0.15) is 44.5 Å². The third kappa shape index (κ3) is 7.08. The maximum atomic E-state index is 2.44. The van der Waals surface area contributed by atoms with Crippen molar-refractivity contribution in [3.8, 4) is 22.3 Å². The number of rotatable bonds is 10.